The molecule has 0 radical (unpaired) electrons. The highest BCUT2D eigenvalue weighted by Crippen LogP contribution is 2.34. The second kappa shape index (κ2) is 16.2. The lowest BCUT2D eigenvalue weighted by atomic mass is 9.87. The molecule has 0 amide bonds. The van der Waals surface area contributed by atoms with E-state index in [1.807, 2.05) is 61.5 Å². The molecule has 44 heavy (non-hydrogen) atoms. The van der Waals surface area contributed by atoms with Crippen LogP contribution in [0.25, 0.3) is 11.1 Å². The maximum absolute atomic E-state index is 12.9. The molecule has 0 aliphatic carbocycles. The van der Waals surface area contributed by atoms with Gasteiger partial charge >= 0.3 is 5.97 Å². The summed E-state index contributed by atoms with van der Waals surface area (Å²) >= 11 is 12.5. The minimum atomic E-state index is -0.464. The number of carbonyl (C=O) groups is 1. The average molecular weight is 633 g/mol. The topological polar surface area (TPSA) is 77.8 Å². The number of ether oxygens (including phenoxy) is 4. The van der Waals surface area contributed by atoms with E-state index in [0.717, 1.165) is 46.2 Å². The van der Waals surface area contributed by atoms with Crippen LogP contribution < -0.4 is 9.47 Å². The van der Waals surface area contributed by atoms with Crippen LogP contribution in [-0.4, -0.2) is 40.0 Å². The number of nitriles is 1. The van der Waals surface area contributed by atoms with Gasteiger partial charge < -0.3 is 18.9 Å². The molecule has 0 fully saturated rings. The van der Waals surface area contributed by atoms with Crippen LogP contribution in [0.3, 0.4) is 0 Å². The van der Waals surface area contributed by atoms with Crippen LogP contribution in [0.5, 0.6) is 11.5 Å². The van der Waals surface area contributed by atoms with Crippen LogP contribution in [0, 0.1) is 18.3 Å². The second-order valence-electron chi connectivity index (χ2n) is 10.3. The number of hydrogen-bond donors (Lipinski definition) is 0. The van der Waals surface area contributed by atoms with E-state index < -0.39 is 11.9 Å². The van der Waals surface area contributed by atoms with Crippen molar-refractivity contribution in [2.45, 2.75) is 32.1 Å². The van der Waals surface area contributed by atoms with Gasteiger partial charge in [-0.2, -0.15) is 5.26 Å². The standard InChI is InChI=1S/C36H35Cl2NO5/c1-24-19-33(37)35(34(38)20-24)44-18-17-43-29-13-10-25(11-14-29)21-28(23-39)27-12-15-31(32(22-27)36(40)42-3)30-9-5-4-7-26(30)8-6-16-41-2/h4-5,7,9-15,19-20,22,28H,6,8,16-18,21H2,1-3H3. The van der Waals surface area contributed by atoms with Gasteiger partial charge in [-0.1, -0.05) is 71.7 Å². The number of nitrogens with zero attached hydrogens (tertiary/aromatic N) is 1. The van der Waals surface area contributed by atoms with E-state index in [2.05, 4.69) is 12.1 Å². The Kier molecular flexibility index (Phi) is 12.1. The quantitative estimate of drug-likeness (QED) is 0.102. The van der Waals surface area contributed by atoms with Crippen molar-refractivity contribution in [2.24, 2.45) is 0 Å². The van der Waals surface area contributed by atoms with Crippen molar-refractivity contribution in [3.63, 3.8) is 0 Å². The molecule has 0 aromatic heterocycles. The number of benzene rings is 4. The molecule has 0 saturated carbocycles. The largest absolute Gasteiger partial charge is 0.490 e. The Morgan fingerprint density at radius 2 is 1.57 bits per heavy atom. The number of carbonyl (C=O) groups excluding carboxylic acids is 1. The first-order valence-electron chi connectivity index (χ1n) is 14.3. The highest BCUT2D eigenvalue weighted by atomic mass is 35.5. The van der Waals surface area contributed by atoms with E-state index in [0.29, 0.717) is 46.7 Å². The molecule has 1 unspecified atom stereocenters. The lowest BCUT2D eigenvalue weighted by Gasteiger charge is -2.16. The fourth-order valence-electron chi connectivity index (χ4n) is 5.02. The first kappa shape index (κ1) is 32.9. The summed E-state index contributed by atoms with van der Waals surface area (Å²) in [7, 11) is 3.06. The summed E-state index contributed by atoms with van der Waals surface area (Å²) in [5.74, 6) is 0.208. The van der Waals surface area contributed by atoms with E-state index in [4.69, 9.17) is 42.1 Å². The molecule has 4 aromatic carbocycles. The fraction of sp³-hybridized carbons (Fsp3) is 0.278. The molecule has 0 heterocycles. The van der Waals surface area contributed by atoms with Crippen molar-refractivity contribution < 1.29 is 23.7 Å². The normalized spacial score (nSPS) is 11.5. The SMILES string of the molecule is COCCCc1ccccc1-c1ccc(C(C#N)Cc2ccc(OCCOc3c(Cl)cc(C)cc3Cl)cc2)cc1C(=O)OC. The Bertz CT molecular complexity index is 1590. The number of aryl methyl sites for hydroxylation is 2. The van der Waals surface area contributed by atoms with Crippen molar-refractivity contribution in [3.8, 4) is 28.7 Å². The summed E-state index contributed by atoms with van der Waals surface area (Å²) in [6.45, 7) is 3.15. The van der Waals surface area contributed by atoms with Crippen molar-refractivity contribution >= 4 is 29.2 Å². The van der Waals surface area contributed by atoms with Gasteiger partial charge in [0.25, 0.3) is 0 Å². The zero-order valence-electron chi connectivity index (χ0n) is 25.1. The average Bonchev–Trinajstić information content (AvgIpc) is 3.03. The molecule has 1 atom stereocenters. The molecular weight excluding hydrogens is 597 g/mol. The Labute approximate surface area is 269 Å². The number of rotatable bonds is 14. The molecular formula is C36H35Cl2NO5. The molecule has 0 N–H and O–H groups in total. The van der Waals surface area contributed by atoms with Crippen LogP contribution in [0.2, 0.25) is 10.0 Å². The summed E-state index contributed by atoms with van der Waals surface area (Å²) < 4.78 is 21.9. The zero-order valence-corrected chi connectivity index (χ0v) is 26.6. The van der Waals surface area contributed by atoms with Gasteiger partial charge in [-0.05, 0) is 89.9 Å². The molecule has 0 saturated heterocycles. The van der Waals surface area contributed by atoms with E-state index in [1.54, 1.807) is 25.3 Å². The lowest BCUT2D eigenvalue weighted by Crippen LogP contribution is -2.10. The van der Waals surface area contributed by atoms with Gasteiger partial charge in [0, 0.05) is 13.7 Å². The van der Waals surface area contributed by atoms with Crippen molar-refractivity contribution in [1.82, 2.24) is 0 Å². The van der Waals surface area contributed by atoms with Crippen LogP contribution >= 0.6 is 23.2 Å². The second-order valence-corrected chi connectivity index (χ2v) is 11.1. The first-order chi connectivity index (χ1) is 21.3. The van der Waals surface area contributed by atoms with Crippen LogP contribution in [0.4, 0.5) is 0 Å². The monoisotopic (exact) mass is 631 g/mol. The van der Waals surface area contributed by atoms with Crippen LogP contribution in [0.15, 0.2) is 78.9 Å². The molecule has 8 heteroatoms. The minimum Gasteiger partial charge on any atom is -0.490 e. The van der Waals surface area contributed by atoms with Gasteiger partial charge in [0.2, 0.25) is 0 Å². The van der Waals surface area contributed by atoms with Crippen LogP contribution in [-0.2, 0) is 22.3 Å². The molecule has 4 rings (SSSR count). The van der Waals surface area contributed by atoms with E-state index in [9.17, 15) is 10.1 Å². The van der Waals surface area contributed by atoms with Crippen molar-refractivity contribution in [3.05, 3.63) is 117 Å². The maximum atomic E-state index is 12.9. The van der Waals surface area contributed by atoms with E-state index in [-0.39, 0.29) is 6.61 Å². The number of methoxy groups -OCH3 is 2. The third kappa shape index (κ3) is 8.54. The van der Waals surface area contributed by atoms with Gasteiger partial charge in [-0.25, -0.2) is 4.79 Å². The molecule has 4 aromatic rings. The van der Waals surface area contributed by atoms with Gasteiger partial charge in [0.1, 0.15) is 19.0 Å². The van der Waals surface area contributed by atoms with Crippen molar-refractivity contribution in [2.75, 3.05) is 34.0 Å². The maximum Gasteiger partial charge on any atom is 0.338 e. The highest BCUT2D eigenvalue weighted by molar-refractivity contribution is 6.37. The highest BCUT2D eigenvalue weighted by Gasteiger charge is 2.20. The molecule has 6 nitrogen and oxygen atoms in total. The van der Waals surface area contributed by atoms with Gasteiger partial charge in [0.05, 0.1) is 34.7 Å². The van der Waals surface area contributed by atoms with E-state index >= 15 is 0 Å². The van der Waals surface area contributed by atoms with Crippen molar-refractivity contribution in [1.29, 1.82) is 5.26 Å². The minimum absolute atomic E-state index is 0.275. The summed E-state index contributed by atoms with van der Waals surface area (Å²) in [6.07, 6.45) is 2.15. The Morgan fingerprint density at radius 3 is 2.25 bits per heavy atom. The summed E-state index contributed by atoms with van der Waals surface area (Å²) in [4.78, 5) is 12.9. The third-order valence-corrected chi connectivity index (χ3v) is 7.78. The molecule has 0 bridgehead atoms. The molecule has 0 aliphatic heterocycles. The lowest BCUT2D eigenvalue weighted by molar-refractivity contribution is 0.0601. The third-order valence-electron chi connectivity index (χ3n) is 7.21. The molecule has 228 valence electrons. The number of hydrogen-bond acceptors (Lipinski definition) is 6. The molecule has 0 aliphatic rings. The summed E-state index contributed by atoms with van der Waals surface area (Å²) in [5.41, 5.74) is 5.97. The Hall–Kier alpha value is -4.02. The summed E-state index contributed by atoms with van der Waals surface area (Å²) in [5, 5.41) is 11.0. The predicted octanol–water partition coefficient (Wildman–Crippen LogP) is 8.64. The van der Waals surface area contributed by atoms with Gasteiger partial charge in [0.15, 0.2) is 5.75 Å². The Morgan fingerprint density at radius 1 is 0.864 bits per heavy atom. The van der Waals surface area contributed by atoms with Gasteiger partial charge in [-0.15, -0.1) is 0 Å². The molecule has 0 spiro atoms. The number of halogens is 2. The summed E-state index contributed by atoms with van der Waals surface area (Å²) in [6, 6.07) is 27.2. The smallest absolute Gasteiger partial charge is 0.338 e. The predicted molar refractivity (Wildman–Crippen MR) is 174 cm³/mol. The zero-order chi connectivity index (χ0) is 31.5. The van der Waals surface area contributed by atoms with E-state index in [1.165, 1.54) is 7.11 Å². The Balaban J connectivity index is 1.44. The number of esters is 1. The first-order valence-corrected chi connectivity index (χ1v) is 15.1. The van der Waals surface area contributed by atoms with Gasteiger partial charge in [-0.3, -0.25) is 0 Å². The van der Waals surface area contributed by atoms with Crippen LogP contribution in [0.1, 0.15) is 45.0 Å². The fourth-order valence-corrected chi connectivity index (χ4v) is 5.73.